The Kier molecular flexibility index (Phi) is 3.22. The number of carbonyl (C=O) groups excluding carboxylic acids is 1. The molecule has 2 atom stereocenters. The monoisotopic (exact) mass is 327 g/mol. The van der Waals surface area contributed by atoms with Crippen molar-refractivity contribution in [3.05, 3.63) is 36.0 Å². The van der Waals surface area contributed by atoms with Crippen LogP contribution in [-0.2, 0) is 11.8 Å². The van der Waals surface area contributed by atoms with Crippen molar-refractivity contribution in [2.75, 3.05) is 33.2 Å². The number of hydrogen-bond acceptors (Lipinski definition) is 3. The number of benzene rings is 1. The van der Waals surface area contributed by atoms with E-state index in [0.29, 0.717) is 25.2 Å². The highest BCUT2D eigenvalue weighted by Crippen LogP contribution is 2.43. The van der Waals surface area contributed by atoms with Crippen molar-refractivity contribution in [1.82, 2.24) is 14.4 Å². The molecule has 3 heterocycles. The number of carboxylic acids is 1. The van der Waals surface area contributed by atoms with Crippen LogP contribution in [0.2, 0.25) is 0 Å². The SMILES string of the molecule is CN1C[C@H]2CN(C(=O)c3cn(C)c4ccccc34)C[C@@]2(C(=O)O)C1. The number of aryl methyl sites for hydroxylation is 1. The number of nitrogens with zero attached hydrogens (tertiary/aromatic N) is 3. The third-order valence-corrected chi connectivity index (χ3v) is 5.62. The van der Waals surface area contributed by atoms with Crippen molar-refractivity contribution in [3.63, 3.8) is 0 Å². The van der Waals surface area contributed by atoms with Crippen LogP contribution < -0.4 is 0 Å². The smallest absolute Gasteiger partial charge is 0.313 e. The number of aliphatic carboxylic acids is 1. The van der Waals surface area contributed by atoms with E-state index >= 15 is 0 Å². The summed E-state index contributed by atoms with van der Waals surface area (Å²) in [4.78, 5) is 28.7. The largest absolute Gasteiger partial charge is 0.481 e. The Morgan fingerprint density at radius 1 is 1.17 bits per heavy atom. The second kappa shape index (κ2) is 5.08. The fraction of sp³-hybridized carbons (Fsp3) is 0.444. The minimum Gasteiger partial charge on any atom is -0.481 e. The lowest BCUT2D eigenvalue weighted by molar-refractivity contribution is -0.148. The van der Waals surface area contributed by atoms with E-state index in [9.17, 15) is 14.7 Å². The summed E-state index contributed by atoms with van der Waals surface area (Å²) < 4.78 is 1.94. The Morgan fingerprint density at radius 2 is 1.92 bits per heavy atom. The van der Waals surface area contributed by atoms with E-state index in [1.807, 2.05) is 49.1 Å². The summed E-state index contributed by atoms with van der Waals surface area (Å²) in [5, 5.41) is 10.7. The van der Waals surface area contributed by atoms with Gasteiger partial charge in [0.2, 0.25) is 0 Å². The quantitative estimate of drug-likeness (QED) is 0.902. The van der Waals surface area contributed by atoms with Crippen LogP contribution in [0.1, 0.15) is 10.4 Å². The maximum atomic E-state index is 13.1. The average molecular weight is 327 g/mol. The number of likely N-dealkylation sites (tertiary alicyclic amines) is 2. The molecule has 1 aromatic heterocycles. The normalized spacial score (nSPS) is 26.9. The van der Waals surface area contributed by atoms with Gasteiger partial charge in [0.1, 0.15) is 5.41 Å². The molecule has 1 aromatic carbocycles. The predicted octanol–water partition coefficient (Wildman–Crippen LogP) is 1.27. The zero-order valence-corrected chi connectivity index (χ0v) is 13.9. The molecule has 0 bridgehead atoms. The van der Waals surface area contributed by atoms with Gasteiger partial charge in [-0.1, -0.05) is 18.2 Å². The van der Waals surface area contributed by atoms with Crippen molar-refractivity contribution in [3.8, 4) is 0 Å². The molecule has 2 fully saturated rings. The van der Waals surface area contributed by atoms with Crippen molar-refractivity contribution in [2.24, 2.45) is 18.4 Å². The summed E-state index contributed by atoms with van der Waals surface area (Å²) >= 11 is 0. The first-order valence-electron chi connectivity index (χ1n) is 8.17. The Bertz CT molecular complexity index is 843. The Balaban J connectivity index is 1.68. The summed E-state index contributed by atoms with van der Waals surface area (Å²) in [7, 11) is 3.87. The van der Waals surface area contributed by atoms with Gasteiger partial charge in [-0.2, -0.15) is 0 Å². The highest BCUT2D eigenvalue weighted by molar-refractivity contribution is 6.07. The summed E-state index contributed by atoms with van der Waals surface area (Å²) in [5.74, 6) is -0.853. The van der Waals surface area contributed by atoms with Crippen molar-refractivity contribution < 1.29 is 14.7 Å². The molecule has 1 amide bonds. The number of fused-ring (bicyclic) bond motifs is 2. The van der Waals surface area contributed by atoms with Crippen LogP contribution in [0.5, 0.6) is 0 Å². The number of para-hydroxylation sites is 1. The van der Waals surface area contributed by atoms with Gasteiger partial charge in [-0.05, 0) is 13.1 Å². The summed E-state index contributed by atoms with van der Waals surface area (Å²) in [6.07, 6.45) is 1.85. The van der Waals surface area contributed by atoms with E-state index in [1.54, 1.807) is 4.90 Å². The Labute approximate surface area is 140 Å². The predicted molar refractivity (Wildman–Crippen MR) is 89.9 cm³/mol. The topological polar surface area (TPSA) is 65.8 Å². The lowest BCUT2D eigenvalue weighted by Gasteiger charge is -2.24. The lowest BCUT2D eigenvalue weighted by atomic mass is 9.81. The Morgan fingerprint density at radius 3 is 2.62 bits per heavy atom. The van der Waals surface area contributed by atoms with Gasteiger partial charge in [0.15, 0.2) is 0 Å². The van der Waals surface area contributed by atoms with E-state index in [0.717, 1.165) is 17.4 Å². The summed E-state index contributed by atoms with van der Waals surface area (Å²) in [6, 6.07) is 7.80. The van der Waals surface area contributed by atoms with Gasteiger partial charge in [0.25, 0.3) is 5.91 Å². The first kappa shape index (κ1) is 15.2. The maximum absolute atomic E-state index is 13.1. The van der Waals surface area contributed by atoms with Crippen LogP contribution in [0.4, 0.5) is 0 Å². The molecular weight excluding hydrogens is 306 g/mol. The zero-order chi connectivity index (χ0) is 17.1. The molecule has 0 radical (unpaired) electrons. The van der Waals surface area contributed by atoms with E-state index < -0.39 is 11.4 Å². The fourth-order valence-corrected chi connectivity index (χ4v) is 4.46. The molecule has 4 rings (SSSR count). The number of amides is 1. The van der Waals surface area contributed by atoms with E-state index in [4.69, 9.17) is 0 Å². The fourth-order valence-electron chi connectivity index (χ4n) is 4.46. The third-order valence-electron chi connectivity index (χ3n) is 5.62. The molecule has 2 aliphatic rings. The van der Waals surface area contributed by atoms with Crippen LogP contribution in [0.25, 0.3) is 10.9 Å². The minimum absolute atomic E-state index is 0.000994. The van der Waals surface area contributed by atoms with Crippen LogP contribution in [0.3, 0.4) is 0 Å². The van der Waals surface area contributed by atoms with Crippen molar-refractivity contribution in [2.45, 2.75) is 0 Å². The van der Waals surface area contributed by atoms with E-state index in [1.165, 1.54) is 0 Å². The van der Waals surface area contributed by atoms with Gasteiger partial charge < -0.3 is 19.5 Å². The van der Waals surface area contributed by atoms with Crippen molar-refractivity contribution >= 4 is 22.8 Å². The van der Waals surface area contributed by atoms with Gasteiger partial charge in [-0.15, -0.1) is 0 Å². The van der Waals surface area contributed by atoms with Gasteiger partial charge >= 0.3 is 5.97 Å². The highest BCUT2D eigenvalue weighted by Gasteiger charge is 2.57. The van der Waals surface area contributed by atoms with Crippen LogP contribution in [0.15, 0.2) is 30.5 Å². The Hall–Kier alpha value is -2.34. The van der Waals surface area contributed by atoms with Gasteiger partial charge in [-0.3, -0.25) is 9.59 Å². The van der Waals surface area contributed by atoms with Crippen LogP contribution >= 0.6 is 0 Å². The van der Waals surface area contributed by atoms with Gasteiger partial charge in [-0.25, -0.2) is 0 Å². The molecule has 2 aromatic rings. The molecule has 0 saturated carbocycles. The number of carboxylic acid groups (broad SMARTS) is 1. The highest BCUT2D eigenvalue weighted by atomic mass is 16.4. The van der Waals surface area contributed by atoms with Crippen LogP contribution in [0, 0.1) is 11.3 Å². The lowest BCUT2D eigenvalue weighted by Crippen LogP contribution is -2.41. The molecule has 6 heteroatoms. The van der Waals surface area contributed by atoms with Gasteiger partial charge in [0.05, 0.1) is 5.56 Å². The molecular formula is C18H21N3O3. The minimum atomic E-state index is -0.824. The number of aromatic nitrogens is 1. The second-order valence-corrected chi connectivity index (χ2v) is 7.21. The molecule has 24 heavy (non-hydrogen) atoms. The average Bonchev–Trinajstić information content (AvgIpc) is 3.16. The number of hydrogen-bond donors (Lipinski definition) is 1. The summed E-state index contributed by atoms with van der Waals surface area (Å²) in [5.41, 5.74) is 0.838. The molecule has 0 spiro atoms. The summed E-state index contributed by atoms with van der Waals surface area (Å²) in [6.45, 7) is 2.04. The second-order valence-electron chi connectivity index (χ2n) is 7.21. The first-order valence-corrected chi connectivity index (χ1v) is 8.17. The maximum Gasteiger partial charge on any atom is 0.313 e. The zero-order valence-electron chi connectivity index (χ0n) is 13.9. The standard InChI is InChI=1S/C18H21N3O3/c1-19-7-12-8-21(11-18(12,10-19)17(23)24)16(22)14-9-20(2)15-6-4-3-5-13(14)15/h3-6,9,12H,7-8,10-11H2,1-2H3,(H,23,24)/t12-,18-/m0/s1. The van der Waals surface area contributed by atoms with Crippen LogP contribution in [-0.4, -0.2) is 64.6 Å². The van der Waals surface area contributed by atoms with Gasteiger partial charge in [0, 0.05) is 56.2 Å². The van der Waals surface area contributed by atoms with Crippen molar-refractivity contribution in [1.29, 1.82) is 0 Å². The first-order chi connectivity index (χ1) is 11.4. The molecule has 0 unspecified atom stereocenters. The molecule has 6 nitrogen and oxygen atoms in total. The molecule has 0 aliphatic carbocycles. The van der Waals surface area contributed by atoms with E-state index in [2.05, 4.69) is 4.90 Å². The van der Waals surface area contributed by atoms with E-state index in [-0.39, 0.29) is 11.8 Å². The number of carbonyl (C=O) groups is 2. The molecule has 1 N–H and O–H groups in total. The number of rotatable bonds is 2. The molecule has 2 aliphatic heterocycles. The molecule has 2 saturated heterocycles. The third kappa shape index (κ3) is 1.99. The molecule has 126 valence electrons.